The third-order valence-corrected chi connectivity index (χ3v) is 5.29. The molecule has 7 heteroatoms. The van der Waals surface area contributed by atoms with Crippen molar-refractivity contribution in [1.29, 1.82) is 0 Å². The van der Waals surface area contributed by atoms with Crippen LogP contribution < -0.4 is 10.6 Å². The fourth-order valence-corrected chi connectivity index (χ4v) is 3.77. The first kappa shape index (κ1) is 20.3. The molecule has 0 bridgehead atoms. The summed E-state index contributed by atoms with van der Waals surface area (Å²) < 4.78 is 5.77. The molecule has 22 heavy (non-hydrogen) atoms. The van der Waals surface area contributed by atoms with Crippen molar-refractivity contribution in [3.63, 3.8) is 0 Å². The highest BCUT2D eigenvalue weighted by molar-refractivity contribution is 14.0. The van der Waals surface area contributed by atoms with Crippen LogP contribution in [0.15, 0.2) is 4.99 Å². The van der Waals surface area contributed by atoms with Gasteiger partial charge in [0.05, 0.1) is 19.3 Å². The Morgan fingerprint density at radius 2 is 2.23 bits per heavy atom. The number of nitrogens with one attached hydrogen (secondary N) is 2. The molecule has 0 amide bonds. The number of likely N-dealkylation sites (N-methyl/N-ethyl adjacent to an activating group) is 1. The Labute approximate surface area is 156 Å². The Morgan fingerprint density at radius 3 is 2.86 bits per heavy atom. The maximum atomic E-state index is 5.77. The fourth-order valence-electron chi connectivity index (χ4n) is 2.97. The highest BCUT2D eigenvalue weighted by Crippen LogP contribution is 2.27. The van der Waals surface area contributed by atoms with E-state index in [1.54, 1.807) is 0 Å². The molecule has 2 N–H and O–H groups in total. The Morgan fingerprint density at radius 1 is 1.41 bits per heavy atom. The van der Waals surface area contributed by atoms with Gasteiger partial charge in [0, 0.05) is 30.9 Å². The molecule has 3 atom stereocenters. The summed E-state index contributed by atoms with van der Waals surface area (Å²) in [6, 6.07) is 0.565. The van der Waals surface area contributed by atoms with E-state index in [0.29, 0.717) is 6.04 Å². The number of morpholine rings is 1. The number of aliphatic imine (C=N–C) groups is 1. The number of nitrogens with zero attached hydrogens (tertiary/aromatic N) is 2. The molecular weight excluding hydrogens is 411 g/mol. The molecule has 130 valence electrons. The molecular formula is C15H31IN4OS. The maximum Gasteiger partial charge on any atom is 0.191 e. The van der Waals surface area contributed by atoms with Gasteiger partial charge in [0.25, 0.3) is 0 Å². The monoisotopic (exact) mass is 442 g/mol. The van der Waals surface area contributed by atoms with Crippen LogP contribution in [0.3, 0.4) is 0 Å². The molecule has 0 spiro atoms. The zero-order chi connectivity index (χ0) is 15.1. The standard InChI is InChI=1S/C15H30N4OS.HI/c1-4-16-15(18-12-5-6-14(9-12)21-3)17-10-13-11-19(2)7-8-20-13;/h12-14H,4-11H2,1-3H3,(H2,16,17,18);1H. The van der Waals surface area contributed by atoms with E-state index in [4.69, 9.17) is 9.73 Å². The smallest absolute Gasteiger partial charge is 0.191 e. The van der Waals surface area contributed by atoms with Gasteiger partial charge in [0.15, 0.2) is 5.96 Å². The van der Waals surface area contributed by atoms with Crippen LogP contribution in [0.25, 0.3) is 0 Å². The van der Waals surface area contributed by atoms with Crippen molar-refractivity contribution in [2.24, 2.45) is 4.99 Å². The summed E-state index contributed by atoms with van der Waals surface area (Å²) in [7, 11) is 2.14. The summed E-state index contributed by atoms with van der Waals surface area (Å²) >= 11 is 1.99. The summed E-state index contributed by atoms with van der Waals surface area (Å²) in [6.45, 7) is 6.56. The minimum atomic E-state index is 0. The minimum Gasteiger partial charge on any atom is -0.374 e. The van der Waals surface area contributed by atoms with Crippen molar-refractivity contribution >= 4 is 41.7 Å². The van der Waals surface area contributed by atoms with E-state index >= 15 is 0 Å². The zero-order valence-electron chi connectivity index (χ0n) is 14.0. The summed E-state index contributed by atoms with van der Waals surface area (Å²) in [5, 5.41) is 7.75. The molecule has 0 aromatic rings. The van der Waals surface area contributed by atoms with Crippen molar-refractivity contribution in [2.75, 3.05) is 46.1 Å². The molecule has 0 aromatic heterocycles. The van der Waals surface area contributed by atoms with Crippen molar-refractivity contribution in [3.8, 4) is 0 Å². The molecule has 1 aliphatic heterocycles. The number of hydrogen-bond donors (Lipinski definition) is 2. The van der Waals surface area contributed by atoms with Gasteiger partial charge in [-0.15, -0.1) is 24.0 Å². The second kappa shape index (κ2) is 10.9. The number of rotatable bonds is 5. The zero-order valence-corrected chi connectivity index (χ0v) is 17.2. The van der Waals surface area contributed by atoms with Gasteiger partial charge in [0.2, 0.25) is 0 Å². The van der Waals surface area contributed by atoms with E-state index in [2.05, 4.69) is 35.8 Å². The number of ether oxygens (including phenoxy) is 1. The van der Waals surface area contributed by atoms with Crippen molar-refractivity contribution < 1.29 is 4.74 Å². The number of hydrogen-bond acceptors (Lipinski definition) is 4. The lowest BCUT2D eigenvalue weighted by Gasteiger charge is -2.29. The number of guanidine groups is 1. The molecule has 3 unspecified atom stereocenters. The third-order valence-electron chi connectivity index (χ3n) is 4.20. The van der Waals surface area contributed by atoms with Gasteiger partial charge in [-0.05, 0) is 39.5 Å². The van der Waals surface area contributed by atoms with Crippen LogP contribution in [-0.4, -0.2) is 74.3 Å². The molecule has 5 nitrogen and oxygen atoms in total. The van der Waals surface area contributed by atoms with Gasteiger partial charge >= 0.3 is 0 Å². The van der Waals surface area contributed by atoms with Crippen LogP contribution in [-0.2, 0) is 4.74 Å². The Bertz CT molecular complexity index is 346. The molecule has 2 rings (SSSR count). The predicted octanol–water partition coefficient (Wildman–Crippen LogP) is 1.77. The SMILES string of the molecule is CCNC(=NCC1CN(C)CCO1)NC1CCC(SC)C1.I. The molecule has 1 aliphatic carbocycles. The maximum absolute atomic E-state index is 5.77. The molecule has 1 saturated carbocycles. The number of halogens is 1. The topological polar surface area (TPSA) is 48.9 Å². The third kappa shape index (κ3) is 6.80. The highest BCUT2D eigenvalue weighted by Gasteiger charge is 2.24. The van der Waals surface area contributed by atoms with Crippen LogP contribution in [0, 0.1) is 0 Å². The fraction of sp³-hybridized carbons (Fsp3) is 0.933. The van der Waals surface area contributed by atoms with Gasteiger partial charge in [-0.3, -0.25) is 4.99 Å². The van der Waals surface area contributed by atoms with E-state index in [-0.39, 0.29) is 30.1 Å². The van der Waals surface area contributed by atoms with E-state index in [9.17, 15) is 0 Å². The van der Waals surface area contributed by atoms with Crippen molar-refractivity contribution in [3.05, 3.63) is 0 Å². The van der Waals surface area contributed by atoms with E-state index in [0.717, 1.165) is 44.0 Å². The summed E-state index contributed by atoms with van der Waals surface area (Å²) in [4.78, 5) is 7.03. The molecule has 2 fully saturated rings. The van der Waals surface area contributed by atoms with Crippen LogP contribution in [0.4, 0.5) is 0 Å². The number of thioether (sulfide) groups is 1. The van der Waals surface area contributed by atoms with Crippen LogP contribution in [0.1, 0.15) is 26.2 Å². The van der Waals surface area contributed by atoms with E-state index in [1.165, 1.54) is 19.3 Å². The molecule has 0 radical (unpaired) electrons. The summed E-state index contributed by atoms with van der Waals surface area (Å²) in [6.07, 6.45) is 6.24. The first-order valence-electron chi connectivity index (χ1n) is 8.09. The Kier molecular flexibility index (Phi) is 10.1. The van der Waals surface area contributed by atoms with Crippen molar-refractivity contribution in [1.82, 2.24) is 15.5 Å². The molecule has 1 heterocycles. The summed E-state index contributed by atoms with van der Waals surface area (Å²) in [5.41, 5.74) is 0. The average Bonchev–Trinajstić information content (AvgIpc) is 2.93. The normalized spacial score (nSPS) is 30.0. The lowest BCUT2D eigenvalue weighted by Crippen LogP contribution is -2.45. The van der Waals surface area contributed by atoms with Crippen LogP contribution >= 0.6 is 35.7 Å². The quantitative estimate of drug-likeness (QED) is 0.386. The predicted molar refractivity (Wildman–Crippen MR) is 107 cm³/mol. The minimum absolute atomic E-state index is 0. The first-order valence-corrected chi connectivity index (χ1v) is 9.37. The van der Waals surface area contributed by atoms with Gasteiger partial charge < -0.3 is 20.3 Å². The second-order valence-corrected chi connectivity index (χ2v) is 7.12. The van der Waals surface area contributed by atoms with Gasteiger partial charge in [-0.1, -0.05) is 0 Å². The lowest BCUT2D eigenvalue weighted by atomic mass is 10.2. The average molecular weight is 442 g/mol. The van der Waals surface area contributed by atoms with E-state index in [1.807, 2.05) is 11.8 Å². The van der Waals surface area contributed by atoms with Gasteiger partial charge in [0.1, 0.15) is 0 Å². The lowest BCUT2D eigenvalue weighted by molar-refractivity contribution is -0.0136. The summed E-state index contributed by atoms with van der Waals surface area (Å²) in [5.74, 6) is 0.945. The van der Waals surface area contributed by atoms with Crippen LogP contribution in [0.2, 0.25) is 0 Å². The second-order valence-electron chi connectivity index (χ2n) is 5.99. The Hall–Kier alpha value is 0.270. The van der Waals surface area contributed by atoms with Gasteiger partial charge in [-0.25, -0.2) is 0 Å². The highest BCUT2D eigenvalue weighted by atomic mass is 127. The van der Waals surface area contributed by atoms with Crippen molar-refractivity contribution in [2.45, 2.75) is 43.6 Å². The van der Waals surface area contributed by atoms with Crippen LogP contribution in [0.5, 0.6) is 0 Å². The molecule has 1 saturated heterocycles. The largest absolute Gasteiger partial charge is 0.374 e. The van der Waals surface area contributed by atoms with E-state index < -0.39 is 0 Å². The van der Waals surface area contributed by atoms with Gasteiger partial charge in [-0.2, -0.15) is 11.8 Å². The Balaban J connectivity index is 0.00000242. The first-order chi connectivity index (χ1) is 10.2. The molecule has 2 aliphatic rings. The molecule has 0 aromatic carbocycles.